The first-order chi connectivity index (χ1) is 9.76. The summed E-state index contributed by atoms with van der Waals surface area (Å²) >= 11 is 0. The normalized spacial score (nSPS) is 15.8. The van der Waals surface area contributed by atoms with Gasteiger partial charge in [-0.1, -0.05) is 13.0 Å². The number of sulfone groups is 1. The van der Waals surface area contributed by atoms with Crippen LogP contribution in [0.1, 0.15) is 35.3 Å². The van der Waals surface area contributed by atoms with E-state index in [4.69, 9.17) is 11.5 Å². The third kappa shape index (κ3) is 2.82. The van der Waals surface area contributed by atoms with Crippen molar-refractivity contribution in [2.45, 2.75) is 25.2 Å². The lowest BCUT2D eigenvalue weighted by Crippen LogP contribution is -2.24. The Hall–Kier alpha value is -2.15. The first-order valence-electron chi connectivity index (χ1n) is 6.47. The summed E-state index contributed by atoms with van der Waals surface area (Å²) in [5.74, 6) is -1.04. The fourth-order valence-electron chi connectivity index (χ4n) is 2.29. The number of fused-ring (bicyclic) bond motifs is 1. The molecule has 2 rings (SSSR count). The summed E-state index contributed by atoms with van der Waals surface area (Å²) in [6, 6.07) is 3.11. The minimum atomic E-state index is -3.42. The van der Waals surface area contributed by atoms with Gasteiger partial charge in [-0.2, -0.15) is 4.99 Å². The van der Waals surface area contributed by atoms with Gasteiger partial charge in [0.05, 0.1) is 10.6 Å². The Morgan fingerprint density at radius 3 is 2.57 bits per heavy atom. The summed E-state index contributed by atoms with van der Waals surface area (Å²) < 4.78 is 24.3. The van der Waals surface area contributed by atoms with Crippen LogP contribution in [0.25, 0.3) is 5.57 Å². The average molecular weight is 307 g/mol. The van der Waals surface area contributed by atoms with E-state index < -0.39 is 15.7 Å². The second-order valence-electron chi connectivity index (χ2n) is 4.87. The molecule has 0 saturated heterocycles. The highest BCUT2D eigenvalue weighted by atomic mass is 32.2. The highest BCUT2D eigenvalue weighted by molar-refractivity contribution is 7.91. The van der Waals surface area contributed by atoms with Crippen molar-refractivity contribution in [2.24, 2.45) is 16.5 Å². The number of nitrogens with two attached hydrogens (primary N) is 2. The van der Waals surface area contributed by atoms with Gasteiger partial charge in [0.2, 0.25) is 0 Å². The zero-order valence-electron chi connectivity index (χ0n) is 11.9. The summed E-state index contributed by atoms with van der Waals surface area (Å²) in [5, 5.41) is 0. The molecule has 112 valence electrons. The number of hydrogen-bond donors (Lipinski definition) is 2. The molecule has 1 heterocycles. The summed E-state index contributed by atoms with van der Waals surface area (Å²) in [6.07, 6.45) is 2.25. The van der Waals surface area contributed by atoms with Crippen LogP contribution in [0.3, 0.4) is 0 Å². The molecule has 0 saturated carbocycles. The number of benzene rings is 1. The summed E-state index contributed by atoms with van der Waals surface area (Å²) in [7, 11) is -3.42. The van der Waals surface area contributed by atoms with Crippen LogP contribution in [-0.4, -0.2) is 26.0 Å². The molecule has 7 heteroatoms. The number of guanidine groups is 1. The third-order valence-electron chi connectivity index (χ3n) is 3.42. The van der Waals surface area contributed by atoms with Crippen molar-refractivity contribution in [3.63, 3.8) is 0 Å². The smallest absolute Gasteiger partial charge is 0.280 e. The SMILES string of the molecule is CCc1cc2c(cc1C(=O)N=C(N)N)S(=O)(=O)CC=C2C. The number of amides is 1. The maximum atomic E-state index is 12.2. The predicted octanol–water partition coefficient (Wildman–Crippen LogP) is 0.853. The van der Waals surface area contributed by atoms with Crippen LogP contribution < -0.4 is 11.5 Å². The van der Waals surface area contributed by atoms with Gasteiger partial charge in [0, 0.05) is 5.56 Å². The fourth-order valence-corrected chi connectivity index (χ4v) is 3.80. The van der Waals surface area contributed by atoms with Gasteiger partial charge in [0.1, 0.15) is 0 Å². The van der Waals surface area contributed by atoms with Crippen molar-refractivity contribution in [1.82, 2.24) is 0 Å². The number of rotatable bonds is 2. The Kier molecular flexibility index (Phi) is 3.87. The molecular weight excluding hydrogens is 290 g/mol. The average Bonchev–Trinajstić information content (AvgIpc) is 2.41. The van der Waals surface area contributed by atoms with Crippen molar-refractivity contribution >= 4 is 27.3 Å². The van der Waals surface area contributed by atoms with Crippen molar-refractivity contribution < 1.29 is 13.2 Å². The van der Waals surface area contributed by atoms with Crippen LogP contribution in [0.4, 0.5) is 0 Å². The van der Waals surface area contributed by atoms with Crippen LogP contribution >= 0.6 is 0 Å². The van der Waals surface area contributed by atoms with Gasteiger partial charge in [-0.3, -0.25) is 4.79 Å². The number of aryl methyl sites for hydroxylation is 1. The summed E-state index contributed by atoms with van der Waals surface area (Å²) in [5.41, 5.74) is 12.9. The lowest BCUT2D eigenvalue weighted by atomic mass is 9.97. The molecule has 0 spiro atoms. The molecular formula is C14H17N3O3S. The molecule has 0 atom stereocenters. The first kappa shape index (κ1) is 15.2. The van der Waals surface area contributed by atoms with E-state index in [0.717, 1.165) is 5.57 Å². The lowest BCUT2D eigenvalue weighted by molar-refractivity contribution is 0.100. The molecule has 4 N–H and O–H groups in total. The van der Waals surface area contributed by atoms with Gasteiger partial charge in [-0.05, 0) is 42.2 Å². The van der Waals surface area contributed by atoms with Crippen LogP contribution in [0.5, 0.6) is 0 Å². The molecule has 1 aromatic rings. The quantitative estimate of drug-likeness (QED) is 0.621. The molecule has 6 nitrogen and oxygen atoms in total. The maximum Gasteiger partial charge on any atom is 0.280 e. The van der Waals surface area contributed by atoms with E-state index in [1.807, 2.05) is 13.8 Å². The van der Waals surface area contributed by atoms with Gasteiger partial charge in [0.25, 0.3) is 5.91 Å². The highest BCUT2D eigenvalue weighted by Gasteiger charge is 2.26. The largest absolute Gasteiger partial charge is 0.370 e. The van der Waals surface area contributed by atoms with Gasteiger partial charge < -0.3 is 11.5 Å². The van der Waals surface area contributed by atoms with E-state index in [2.05, 4.69) is 4.99 Å². The molecule has 1 aliphatic heterocycles. The standard InChI is InChI=1S/C14H17N3O3S/c1-3-9-6-10-8(2)4-5-21(19,20)12(10)7-11(9)13(18)17-14(15)16/h4,6-7H,3,5H2,1-2H3,(H4,15,16,17,18). The van der Waals surface area contributed by atoms with Gasteiger partial charge >= 0.3 is 0 Å². The molecule has 0 aliphatic carbocycles. The van der Waals surface area contributed by atoms with E-state index >= 15 is 0 Å². The van der Waals surface area contributed by atoms with Crippen molar-refractivity contribution in [3.05, 3.63) is 34.9 Å². The van der Waals surface area contributed by atoms with E-state index in [1.54, 1.807) is 12.1 Å². The molecule has 0 bridgehead atoms. The van der Waals surface area contributed by atoms with Crippen molar-refractivity contribution in [3.8, 4) is 0 Å². The van der Waals surface area contributed by atoms with Crippen LogP contribution in [0, 0.1) is 0 Å². The predicted molar refractivity (Wildman–Crippen MR) is 81.7 cm³/mol. The number of nitrogens with zero attached hydrogens (tertiary/aromatic N) is 1. The Bertz CT molecular complexity index is 773. The van der Waals surface area contributed by atoms with Crippen LogP contribution in [0.2, 0.25) is 0 Å². The number of allylic oxidation sites excluding steroid dienone is 1. The highest BCUT2D eigenvalue weighted by Crippen LogP contribution is 2.32. The van der Waals surface area contributed by atoms with Gasteiger partial charge in [-0.25, -0.2) is 8.42 Å². The minimum absolute atomic E-state index is 0.0623. The fraction of sp³-hybridized carbons (Fsp3) is 0.286. The van der Waals surface area contributed by atoms with Crippen LogP contribution in [-0.2, 0) is 16.3 Å². The minimum Gasteiger partial charge on any atom is -0.370 e. The Labute approximate surface area is 123 Å². The second-order valence-corrected chi connectivity index (χ2v) is 6.87. The van der Waals surface area contributed by atoms with E-state index in [0.29, 0.717) is 17.5 Å². The van der Waals surface area contributed by atoms with Crippen molar-refractivity contribution in [2.75, 3.05) is 5.75 Å². The summed E-state index contributed by atoms with van der Waals surface area (Å²) in [6.45, 7) is 3.73. The molecule has 0 aromatic heterocycles. The molecule has 1 aromatic carbocycles. The zero-order chi connectivity index (χ0) is 15.8. The zero-order valence-corrected chi connectivity index (χ0v) is 12.7. The molecule has 21 heavy (non-hydrogen) atoms. The van der Waals surface area contributed by atoms with Crippen LogP contribution in [0.15, 0.2) is 28.1 Å². The molecule has 1 aliphatic rings. The maximum absolute atomic E-state index is 12.2. The Morgan fingerprint density at radius 1 is 1.33 bits per heavy atom. The van der Waals surface area contributed by atoms with E-state index in [1.165, 1.54) is 6.07 Å². The van der Waals surface area contributed by atoms with E-state index in [9.17, 15) is 13.2 Å². The van der Waals surface area contributed by atoms with Crippen molar-refractivity contribution in [1.29, 1.82) is 0 Å². The number of carbonyl (C=O) groups excluding carboxylic acids is 1. The summed E-state index contributed by atoms with van der Waals surface area (Å²) in [4.78, 5) is 15.7. The third-order valence-corrected chi connectivity index (χ3v) is 5.03. The Balaban J connectivity index is 2.73. The Morgan fingerprint density at radius 2 is 2.00 bits per heavy atom. The van der Waals surface area contributed by atoms with E-state index in [-0.39, 0.29) is 22.2 Å². The number of hydrogen-bond acceptors (Lipinski definition) is 3. The monoisotopic (exact) mass is 307 g/mol. The number of carbonyl (C=O) groups is 1. The first-order valence-corrected chi connectivity index (χ1v) is 8.12. The molecule has 0 unspecified atom stereocenters. The second kappa shape index (κ2) is 5.33. The lowest BCUT2D eigenvalue weighted by Gasteiger charge is -2.18. The van der Waals surface area contributed by atoms with Gasteiger partial charge in [-0.15, -0.1) is 0 Å². The number of aliphatic imine (C=N–C) groups is 1. The topological polar surface area (TPSA) is 116 Å². The molecule has 0 radical (unpaired) electrons. The molecule has 1 amide bonds. The van der Waals surface area contributed by atoms with Gasteiger partial charge in [0.15, 0.2) is 15.8 Å². The molecule has 0 fully saturated rings.